The maximum absolute atomic E-state index is 11.4. The standard InChI is InChI=1S/C22H19N5O3S/c1-14(28)25-18-6-2-4-15(12-18)20-7-3-5-16-13-24-22(27-21(16)20)26-17-8-10-19(11-9-17)31(23,29)30/h2-13H,1H3,(H,25,28)(H2,23,29,30)(H,24,26,27). The highest BCUT2D eigenvalue weighted by Crippen LogP contribution is 2.30. The molecule has 0 aliphatic carbocycles. The lowest BCUT2D eigenvalue weighted by Crippen LogP contribution is -2.11. The zero-order valence-electron chi connectivity index (χ0n) is 16.5. The van der Waals surface area contributed by atoms with Gasteiger partial charge in [-0.1, -0.05) is 30.3 Å². The van der Waals surface area contributed by atoms with E-state index in [4.69, 9.17) is 5.14 Å². The number of aromatic nitrogens is 2. The predicted molar refractivity (Wildman–Crippen MR) is 120 cm³/mol. The number of fused-ring (bicyclic) bond motifs is 1. The summed E-state index contributed by atoms with van der Waals surface area (Å²) in [7, 11) is -3.75. The first-order valence-electron chi connectivity index (χ1n) is 9.33. The summed E-state index contributed by atoms with van der Waals surface area (Å²) in [5.41, 5.74) is 3.85. The molecular formula is C22H19N5O3S. The van der Waals surface area contributed by atoms with Crippen molar-refractivity contribution in [3.63, 3.8) is 0 Å². The van der Waals surface area contributed by atoms with E-state index >= 15 is 0 Å². The molecule has 31 heavy (non-hydrogen) atoms. The third kappa shape index (κ3) is 4.68. The molecule has 4 N–H and O–H groups in total. The van der Waals surface area contributed by atoms with Gasteiger partial charge in [0.25, 0.3) is 0 Å². The monoisotopic (exact) mass is 433 g/mol. The third-order valence-corrected chi connectivity index (χ3v) is 5.47. The second-order valence-electron chi connectivity index (χ2n) is 6.89. The number of nitrogens with zero attached hydrogens (tertiary/aromatic N) is 2. The molecule has 8 nitrogen and oxygen atoms in total. The number of rotatable bonds is 5. The average molecular weight is 433 g/mol. The summed E-state index contributed by atoms with van der Waals surface area (Å²) in [6, 6.07) is 19.3. The van der Waals surface area contributed by atoms with Crippen LogP contribution in [0.15, 0.2) is 77.8 Å². The van der Waals surface area contributed by atoms with Crippen LogP contribution in [-0.4, -0.2) is 24.3 Å². The van der Waals surface area contributed by atoms with Gasteiger partial charge in [0, 0.05) is 35.4 Å². The summed E-state index contributed by atoms with van der Waals surface area (Å²) in [6.45, 7) is 1.46. The van der Waals surface area contributed by atoms with E-state index in [1.54, 1.807) is 18.3 Å². The molecule has 0 aliphatic heterocycles. The lowest BCUT2D eigenvalue weighted by molar-refractivity contribution is -0.114. The van der Waals surface area contributed by atoms with Crippen LogP contribution < -0.4 is 15.8 Å². The van der Waals surface area contributed by atoms with Crippen LogP contribution >= 0.6 is 0 Å². The molecule has 0 fully saturated rings. The third-order valence-electron chi connectivity index (χ3n) is 4.54. The Bertz CT molecular complexity index is 1390. The number of hydrogen-bond donors (Lipinski definition) is 3. The molecule has 4 aromatic rings. The quantitative estimate of drug-likeness (QED) is 0.441. The second-order valence-corrected chi connectivity index (χ2v) is 8.45. The summed E-state index contributed by atoms with van der Waals surface area (Å²) in [5.74, 6) is 0.221. The SMILES string of the molecule is CC(=O)Nc1cccc(-c2cccc3cnc(Nc4ccc(S(N)(=O)=O)cc4)nc23)c1. The molecule has 1 amide bonds. The molecule has 1 heterocycles. The Morgan fingerprint density at radius 2 is 1.71 bits per heavy atom. The van der Waals surface area contributed by atoms with Crippen LogP contribution in [0.5, 0.6) is 0 Å². The number of para-hydroxylation sites is 1. The minimum absolute atomic E-state index is 0.0267. The highest BCUT2D eigenvalue weighted by atomic mass is 32.2. The second kappa shape index (κ2) is 8.13. The Kier molecular flexibility index (Phi) is 5.37. The first-order chi connectivity index (χ1) is 14.8. The zero-order valence-corrected chi connectivity index (χ0v) is 17.3. The van der Waals surface area contributed by atoms with Crippen molar-refractivity contribution in [2.45, 2.75) is 11.8 Å². The normalized spacial score (nSPS) is 11.3. The van der Waals surface area contributed by atoms with Crippen LogP contribution in [0.3, 0.4) is 0 Å². The summed E-state index contributed by atoms with van der Waals surface area (Å²) in [6.07, 6.45) is 1.71. The topological polar surface area (TPSA) is 127 Å². The Hall–Kier alpha value is -3.82. The Morgan fingerprint density at radius 3 is 2.42 bits per heavy atom. The number of anilines is 3. The maximum Gasteiger partial charge on any atom is 0.238 e. The van der Waals surface area contributed by atoms with E-state index in [-0.39, 0.29) is 10.8 Å². The van der Waals surface area contributed by atoms with Gasteiger partial charge in [-0.15, -0.1) is 0 Å². The molecule has 0 saturated carbocycles. The summed E-state index contributed by atoms with van der Waals surface area (Å²) < 4.78 is 22.8. The Balaban J connectivity index is 1.70. The number of amides is 1. The molecule has 0 spiro atoms. The van der Waals surface area contributed by atoms with Crippen molar-refractivity contribution in [3.05, 3.63) is 72.9 Å². The highest BCUT2D eigenvalue weighted by Gasteiger charge is 2.10. The van der Waals surface area contributed by atoms with Crippen LogP contribution in [0, 0.1) is 0 Å². The molecule has 0 atom stereocenters. The number of carbonyl (C=O) groups is 1. The fourth-order valence-electron chi connectivity index (χ4n) is 3.17. The molecule has 4 rings (SSSR count). The molecule has 0 bridgehead atoms. The van der Waals surface area contributed by atoms with Crippen LogP contribution in [-0.2, 0) is 14.8 Å². The number of hydrogen-bond acceptors (Lipinski definition) is 6. The average Bonchev–Trinajstić information content (AvgIpc) is 2.73. The van der Waals surface area contributed by atoms with Crippen molar-refractivity contribution in [2.24, 2.45) is 5.14 Å². The van der Waals surface area contributed by atoms with E-state index in [9.17, 15) is 13.2 Å². The fraction of sp³-hybridized carbons (Fsp3) is 0.0455. The van der Waals surface area contributed by atoms with Crippen molar-refractivity contribution in [1.82, 2.24) is 9.97 Å². The van der Waals surface area contributed by atoms with Gasteiger partial charge in [0.15, 0.2) is 0 Å². The zero-order chi connectivity index (χ0) is 22.0. The van der Waals surface area contributed by atoms with Crippen molar-refractivity contribution < 1.29 is 13.2 Å². The number of carbonyl (C=O) groups excluding carboxylic acids is 1. The van der Waals surface area contributed by atoms with Gasteiger partial charge in [0.1, 0.15) is 0 Å². The van der Waals surface area contributed by atoms with Gasteiger partial charge < -0.3 is 10.6 Å². The van der Waals surface area contributed by atoms with E-state index in [0.717, 1.165) is 22.0 Å². The van der Waals surface area contributed by atoms with Gasteiger partial charge in [0.05, 0.1) is 10.4 Å². The maximum atomic E-state index is 11.4. The van der Waals surface area contributed by atoms with Gasteiger partial charge in [-0.3, -0.25) is 4.79 Å². The Morgan fingerprint density at radius 1 is 0.968 bits per heavy atom. The van der Waals surface area contributed by atoms with Gasteiger partial charge in [-0.2, -0.15) is 0 Å². The molecule has 0 saturated heterocycles. The number of primary sulfonamides is 1. The van der Waals surface area contributed by atoms with Crippen LogP contribution in [0.1, 0.15) is 6.92 Å². The van der Waals surface area contributed by atoms with Gasteiger partial charge >= 0.3 is 0 Å². The number of nitrogens with two attached hydrogens (primary N) is 1. The number of benzene rings is 3. The van der Waals surface area contributed by atoms with Gasteiger partial charge in [0.2, 0.25) is 21.9 Å². The first-order valence-corrected chi connectivity index (χ1v) is 10.9. The van der Waals surface area contributed by atoms with E-state index in [1.807, 2.05) is 42.5 Å². The fourth-order valence-corrected chi connectivity index (χ4v) is 3.69. The van der Waals surface area contributed by atoms with Crippen LogP contribution in [0.4, 0.5) is 17.3 Å². The summed E-state index contributed by atoms with van der Waals surface area (Å²) in [5, 5.41) is 11.9. The molecule has 0 unspecified atom stereocenters. The summed E-state index contributed by atoms with van der Waals surface area (Å²) >= 11 is 0. The lowest BCUT2D eigenvalue weighted by Gasteiger charge is -2.10. The van der Waals surface area contributed by atoms with Crippen molar-refractivity contribution in [2.75, 3.05) is 10.6 Å². The minimum atomic E-state index is -3.75. The van der Waals surface area contributed by atoms with Gasteiger partial charge in [-0.25, -0.2) is 23.5 Å². The smallest absolute Gasteiger partial charge is 0.238 e. The molecule has 3 aromatic carbocycles. The van der Waals surface area contributed by atoms with Gasteiger partial charge in [-0.05, 0) is 42.0 Å². The molecule has 9 heteroatoms. The van der Waals surface area contributed by atoms with E-state index in [0.29, 0.717) is 17.3 Å². The molecular weight excluding hydrogens is 414 g/mol. The minimum Gasteiger partial charge on any atom is -0.326 e. The molecule has 156 valence electrons. The highest BCUT2D eigenvalue weighted by molar-refractivity contribution is 7.89. The van der Waals surface area contributed by atoms with Crippen molar-refractivity contribution >= 4 is 44.2 Å². The number of nitrogens with one attached hydrogen (secondary N) is 2. The van der Waals surface area contributed by atoms with E-state index < -0.39 is 10.0 Å². The first kappa shape index (κ1) is 20.5. The predicted octanol–water partition coefficient (Wildman–Crippen LogP) is 3.65. The van der Waals surface area contributed by atoms with Crippen molar-refractivity contribution in [1.29, 1.82) is 0 Å². The molecule has 0 radical (unpaired) electrons. The molecule has 0 aliphatic rings. The molecule has 1 aromatic heterocycles. The Labute approximate surface area is 179 Å². The number of sulfonamides is 1. The summed E-state index contributed by atoms with van der Waals surface area (Å²) in [4.78, 5) is 20.4. The van der Waals surface area contributed by atoms with E-state index in [1.165, 1.54) is 19.1 Å². The largest absolute Gasteiger partial charge is 0.326 e. The van der Waals surface area contributed by atoms with Crippen LogP contribution in [0.2, 0.25) is 0 Å². The lowest BCUT2D eigenvalue weighted by atomic mass is 10.0. The van der Waals surface area contributed by atoms with E-state index in [2.05, 4.69) is 20.6 Å². The van der Waals surface area contributed by atoms with Crippen molar-refractivity contribution in [3.8, 4) is 11.1 Å². The van der Waals surface area contributed by atoms with Crippen LogP contribution in [0.25, 0.3) is 22.0 Å².